The Balaban J connectivity index is 1.95. The van der Waals surface area contributed by atoms with E-state index in [2.05, 4.69) is 9.97 Å². The molecule has 1 aliphatic rings. The molecule has 0 bridgehead atoms. The smallest absolute Gasteiger partial charge is 0.349 e. The van der Waals surface area contributed by atoms with Crippen LogP contribution in [0.25, 0.3) is 0 Å². The zero-order valence-corrected chi connectivity index (χ0v) is 9.57. The minimum Gasteiger partial charge on any atom is -0.349 e. The number of nitrogens with one attached hydrogen (secondary N) is 1. The topological polar surface area (TPSA) is 52.2 Å². The summed E-state index contributed by atoms with van der Waals surface area (Å²) < 4.78 is 36.6. The van der Waals surface area contributed by atoms with Gasteiger partial charge in [0.1, 0.15) is 0 Å². The lowest BCUT2D eigenvalue weighted by atomic mass is 10.3. The molecule has 0 aliphatic carbocycles. The lowest BCUT2D eigenvalue weighted by molar-refractivity contribution is -0.146. The Morgan fingerprint density at radius 2 is 1.94 bits per heavy atom. The summed E-state index contributed by atoms with van der Waals surface area (Å²) in [6, 6.07) is 0. The van der Waals surface area contributed by atoms with Crippen LogP contribution >= 0.6 is 0 Å². The van der Waals surface area contributed by atoms with Gasteiger partial charge in [-0.15, -0.1) is 0 Å². The Morgan fingerprint density at radius 1 is 1.28 bits per heavy atom. The van der Waals surface area contributed by atoms with Crippen molar-refractivity contribution in [3.8, 4) is 0 Å². The Hall–Kier alpha value is -1.57. The van der Waals surface area contributed by atoms with E-state index >= 15 is 0 Å². The SMILES string of the molecule is O=c1[nH]ccnc1N1CCN(CC(F)(F)F)CC1. The van der Waals surface area contributed by atoms with Crippen LogP contribution in [0.5, 0.6) is 0 Å². The normalized spacial score (nSPS) is 18.1. The maximum atomic E-state index is 12.2. The van der Waals surface area contributed by atoms with Gasteiger partial charge in [0.2, 0.25) is 0 Å². The first-order valence-electron chi connectivity index (χ1n) is 5.53. The van der Waals surface area contributed by atoms with Gasteiger partial charge in [-0.3, -0.25) is 9.69 Å². The van der Waals surface area contributed by atoms with Gasteiger partial charge in [-0.25, -0.2) is 4.98 Å². The molecule has 0 aromatic carbocycles. The number of anilines is 1. The summed E-state index contributed by atoms with van der Waals surface area (Å²) in [4.78, 5) is 20.9. The number of piperazine rings is 1. The molecule has 100 valence electrons. The number of H-pyrrole nitrogens is 1. The van der Waals surface area contributed by atoms with Crippen LogP contribution in [0, 0.1) is 0 Å². The largest absolute Gasteiger partial charge is 0.401 e. The van der Waals surface area contributed by atoms with Crippen molar-refractivity contribution in [3.05, 3.63) is 22.7 Å². The number of aromatic amines is 1. The molecular formula is C10H13F3N4O. The van der Waals surface area contributed by atoms with Crippen molar-refractivity contribution in [2.24, 2.45) is 0 Å². The van der Waals surface area contributed by atoms with Crippen molar-refractivity contribution >= 4 is 5.82 Å². The minimum atomic E-state index is -4.18. The van der Waals surface area contributed by atoms with E-state index in [1.807, 2.05) is 0 Å². The van der Waals surface area contributed by atoms with Crippen LogP contribution in [0.1, 0.15) is 0 Å². The maximum Gasteiger partial charge on any atom is 0.401 e. The summed E-state index contributed by atoms with van der Waals surface area (Å²) in [6.45, 7) is 0.386. The van der Waals surface area contributed by atoms with Crippen molar-refractivity contribution in [2.45, 2.75) is 6.18 Å². The van der Waals surface area contributed by atoms with Gasteiger partial charge in [0.05, 0.1) is 6.54 Å². The molecule has 1 fully saturated rings. The third-order valence-corrected chi connectivity index (χ3v) is 2.76. The average molecular weight is 262 g/mol. The van der Waals surface area contributed by atoms with E-state index in [9.17, 15) is 18.0 Å². The van der Waals surface area contributed by atoms with E-state index in [1.165, 1.54) is 17.3 Å². The molecule has 2 rings (SSSR count). The van der Waals surface area contributed by atoms with Crippen LogP contribution in [-0.4, -0.2) is 53.8 Å². The fourth-order valence-corrected chi connectivity index (χ4v) is 1.94. The first-order valence-corrected chi connectivity index (χ1v) is 5.53. The molecule has 0 atom stereocenters. The molecular weight excluding hydrogens is 249 g/mol. The van der Waals surface area contributed by atoms with E-state index in [0.29, 0.717) is 13.1 Å². The molecule has 0 unspecified atom stereocenters. The second-order valence-electron chi connectivity index (χ2n) is 4.12. The standard InChI is InChI=1S/C10H13F3N4O/c11-10(12,13)7-16-3-5-17(6-4-16)8-9(18)15-2-1-14-8/h1-2H,3-7H2,(H,15,18). The summed E-state index contributed by atoms with van der Waals surface area (Å²) >= 11 is 0. The van der Waals surface area contributed by atoms with Crippen LogP contribution in [0.2, 0.25) is 0 Å². The van der Waals surface area contributed by atoms with Gasteiger partial charge in [0.15, 0.2) is 5.82 Å². The Kier molecular flexibility index (Phi) is 3.55. The van der Waals surface area contributed by atoms with Crippen molar-refractivity contribution in [1.29, 1.82) is 0 Å². The van der Waals surface area contributed by atoms with Crippen LogP contribution in [0.4, 0.5) is 19.0 Å². The summed E-state index contributed by atoms with van der Waals surface area (Å²) in [7, 11) is 0. The molecule has 1 aliphatic heterocycles. The molecule has 1 aromatic heterocycles. The summed E-state index contributed by atoms with van der Waals surface area (Å²) in [5.74, 6) is 0.268. The van der Waals surface area contributed by atoms with E-state index in [1.54, 1.807) is 4.90 Å². The lowest BCUT2D eigenvalue weighted by Gasteiger charge is -2.35. The Bertz CT molecular complexity index is 451. The number of aromatic nitrogens is 2. The number of hydrogen-bond donors (Lipinski definition) is 1. The van der Waals surface area contributed by atoms with Crippen LogP contribution in [0.3, 0.4) is 0 Å². The third kappa shape index (κ3) is 3.22. The fourth-order valence-electron chi connectivity index (χ4n) is 1.94. The first-order chi connectivity index (χ1) is 8.46. The summed E-state index contributed by atoms with van der Waals surface area (Å²) in [5, 5.41) is 0. The highest BCUT2D eigenvalue weighted by Gasteiger charge is 2.32. The first kappa shape index (κ1) is 12.9. The van der Waals surface area contributed by atoms with E-state index in [-0.39, 0.29) is 24.5 Å². The Morgan fingerprint density at radius 3 is 2.50 bits per heavy atom. The third-order valence-electron chi connectivity index (χ3n) is 2.76. The molecule has 18 heavy (non-hydrogen) atoms. The van der Waals surface area contributed by atoms with E-state index in [4.69, 9.17) is 0 Å². The molecule has 0 amide bonds. The lowest BCUT2D eigenvalue weighted by Crippen LogP contribution is -2.50. The van der Waals surface area contributed by atoms with Gasteiger partial charge in [0, 0.05) is 38.6 Å². The quantitative estimate of drug-likeness (QED) is 0.841. The zero-order valence-electron chi connectivity index (χ0n) is 9.57. The number of nitrogens with zero attached hydrogens (tertiary/aromatic N) is 3. The molecule has 0 saturated carbocycles. The highest BCUT2D eigenvalue weighted by molar-refractivity contribution is 5.35. The van der Waals surface area contributed by atoms with Crippen molar-refractivity contribution in [3.63, 3.8) is 0 Å². The van der Waals surface area contributed by atoms with Gasteiger partial charge >= 0.3 is 6.18 Å². The maximum absolute atomic E-state index is 12.2. The van der Waals surface area contributed by atoms with Crippen LogP contribution in [0.15, 0.2) is 17.2 Å². The average Bonchev–Trinajstić information content (AvgIpc) is 2.29. The molecule has 1 N–H and O–H groups in total. The summed E-state index contributed by atoms with van der Waals surface area (Å²) in [5.41, 5.74) is -0.318. The number of hydrogen-bond acceptors (Lipinski definition) is 4. The molecule has 2 heterocycles. The molecule has 1 saturated heterocycles. The van der Waals surface area contributed by atoms with Crippen molar-refractivity contribution < 1.29 is 13.2 Å². The van der Waals surface area contributed by atoms with E-state index in [0.717, 1.165) is 0 Å². The second kappa shape index (κ2) is 4.97. The number of halogens is 3. The molecule has 0 radical (unpaired) electrons. The predicted molar refractivity (Wildman–Crippen MR) is 59.6 cm³/mol. The van der Waals surface area contributed by atoms with E-state index < -0.39 is 12.7 Å². The monoisotopic (exact) mass is 262 g/mol. The zero-order chi connectivity index (χ0) is 13.2. The predicted octanol–water partition coefficient (Wildman–Crippen LogP) is 0.454. The van der Waals surface area contributed by atoms with Gasteiger partial charge in [-0.2, -0.15) is 13.2 Å². The van der Waals surface area contributed by atoms with Gasteiger partial charge in [-0.1, -0.05) is 0 Å². The van der Waals surface area contributed by atoms with Crippen molar-refractivity contribution in [2.75, 3.05) is 37.6 Å². The number of alkyl halides is 3. The highest BCUT2D eigenvalue weighted by atomic mass is 19.4. The highest BCUT2D eigenvalue weighted by Crippen LogP contribution is 2.18. The molecule has 0 spiro atoms. The fraction of sp³-hybridized carbons (Fsp3) is 0.600. The minimum absolute atomic E-state index is 0.268. The Labute approximate surface area is 101 Å². The summed E-state index contributed by atoms with van der Waals surface area (Å²) in [6.07, 6.45) is -1.30. The molecule has 1 aromatic rings. The number of rotatable bonds is 2. The van der Waals surface area contributed by atoms with Gasteiger partial charge in [-0.05, 0) is 0 Å². The van der Waals surface area contributed by atoms with Crippen molar-refractivity contribution in [1.82, 2.24) is 14.9 Å². The molecule has 8 heteroatoms. The van der Waals surface area contributed by atoms with Crippen LogP contribution in [-0.2, 0) is 0 Å². The van der Waals surface area contributed by atoms with Gasteiger partial charge in [0.25, 0.3) is 5.56 Å². The molecule has 5 nitrogen and oxygen atoms in total. The van der Waals surface area contributed by atoms with Gasteiger partial charge < -0.3 is 9.88 Å². The van der Waals surface area contributed by atoms with Crippen LogP contribution < -0.4 is 10.5 Å². The second-order valence-corrected chi connectivity index (χ2v) is 4.12.